The van der Waals surface area contributed by atoms with Gasteiger partial charge in [0, 0.05) is 11.6 Å². The van der Waals surface area contributed by atoms with E-state index in [1.165, 1.54) is 16.8 Å². The fraction of sp³-hybridized carbons (Fsp3) is 0. The smallest absolute Gasteiger partial charge is 0.282 e. The number of benzene rings is 2. The van der Waals surface area contributed by atoms with Gasteiger partial charge in [-0.2, -0.15) is 9.78 Å². The van der Waals surface area contributed by atoms with E-state index in [0.29, 0.717) is 27.8 Å². The number of nitrogens with one attached hydrogen (secondary N) is 1. The first kappa shape index (κ1) is 12.6. The molecular formula is C16H11FN4O. The quantitative estimate of drug-likeness (QED) is 0.530. The number of aromatic amines is 1. The zero-order valence-corrected chi connectivity index (χ0v) is 11.4. The lowest BCUT2D eigenvalue weighted by atomic mass is 10.1. The van der Waals surface area contributed by atoms with Crippen LogP contribution in [0, 0.1) is 5.82 Å². The van der Waals surface area contributed by atoms with Gasteiger partial charge < -0.3 is 10.7 Å². The van der Waals surface area contributed by atoms with Crippen molar-refractivity contribution in [1.82, 2.24) is 14.8 Å². The van der Waals surface area contributed by atoms with Crippen LogP contribution in [0.15, 0.2) is 53.5 Å². The average Bonchev–Trinajstić information content (AvgIpc) is 2.86. The summed E-state index contributed by atoms with van der Waals surface area (Å²) in [6.07, 6.45) is 1.56. The Morgan fingerprint density at radius 1 is 1.18 bits per heavy atom. The summed E-state index contributed by atoms with van der Waals surface area (Å²) in [5, 5.41) is 4.84. The van der Waals surface area contributed by atoms with Gasteiger partial charge in [0.2, 0.25) is 0 Å². The maximum atomic E-state index is 13.6. The van der Waals surface area contributed by atoms with Crippen molar-refractivity contribution in [3.05, 3.63) is 64.8 Å². The molecule has 0 atom stereocenters. The van der Waals surface area contributed by atoms with E-state index < -0.39 is 5.82 Å². The molecule has 5 nitrogen and oxygen atoms in total. The van der Waals surface area contributed by atoms with E-state index >= 15 is 0 Å². The standard InChI is InChI=1S/C16H11FN4O/c17-9-6-11-14-12(8-19-15(11)13(18)7-9)16(22)21(20-14)10-4-2-1-3-5-10/h1-8,19H,18H2. The van der Waals surface area contributed by atoms with Crippen LogP contribution >= 0.6 is 0 Å². The van der Waals surface area contributed by atoms with Crippen LogP contribution in [0.4, 0.5) is 10.1 Å². The first-order chi connectivity index (χ1) is 10.6. The van der Waals surface area contributed by atoms with Crippen LogP contribution in [-0.4, -0.2) is 14.8 Å². The summed E-state index contributed by atoms with van der Waals surface area (Å²) in [6.45, 7) is 0. The molecule has 0 fully saturated rings. The molecule has 0 amide bonds. The SMILES string of the molecule is Nc1cc(F)cc2c3nn(-c4ccccc4)c(=O)c-3c[nH]c12. The molecule has 108 valence electrons. The van der Waals surface area contributed by atoms with E-state index in [1.54, 1.807) is 18.3 Å². The van der Waals surface area contributed by atoms with Gasteiger partial charge in [-0.05, 0) is 24.3 Å². The molecule has 0 bridgehead atoms. The first-order valence-corrected chi connectivity index (χ1v) is 6.70. The van der Waals surface area contributed by atoms with Crippen LogP contribution in [0.3, 0.4) is 0 Å². The molecule has 0 aliphatic carbocycles. The largest absolute Gasteiger partial charge is 0.397 e. The molecule has 0 saturated carbocycles. The number of hydrogen-bond donors (Lipinski definition) is 2. The highest BCUT2D eigenvalue weighted by Crippen LogP contribution is 2.29. The van der Waals surface area contributed by atoms with E-state index in [-0.39, 0.29) is 11.2 Å². The number of fused-ring (bicyclic) bond motifs is 3. The van der Waals surface area contributed by atoms with Gasteiger partial charge in [-0.1, -0.05) is 18.2 Å². The second-order valence-electron chi connectivity index (χ2n) is 5.02. The van der Waals surface area contributed by atoms with Crippen molar-refractivity contribution in [3.63, 3.8) is 0 Å². The molecule has 6 heteroatoms. The Bertz CT molecular complexity index is 1020. The zero-order chi connectivity index (χ0) is 15.3. The molecule has 22 heavy (non-hydrogen) atoms. The molecule has 0 radical (unpaired) electrons. The Labute approximate surface area is 124 Å². The van der Waals surface area contributed by atoms with Gasteiger partial charge in [0.1, 0.15) is 11.5 Å². The average molecular weight is 294 g/mol. The topological polar surface area (TPSA) is 76.7 Å². The number of H-pyrrole nitrogens is 1. The highest BCUT2D eigenvalue weighted by atomic mass is 19.1. The third-order valence-electron chi connectivity index (χ3n) is 3.63. The fourth-order valence-electron chi connectivity index (χ4n) is 2.61. The Morgan fingerprint density at radius 3 is 2.73 bits per heavy atom. The summed E-state index contributed by atoms with van der Waals surface area (Å²) >= 11 is 0. The Morgan fingerprint density at radius 2 is 1.95 bits per heavy atom. The number of rotatable bonds is 1. The molecule has 2 aromatic rings. The minimum absolute atomic E-state index is 0.262. The van der Waals surface area contributed by atoms with E-state index in [1.807, 2.05) is 18.2 Å². The molecule has 3 N–H and O–H groups in total. The van der Waals surface area contributed by atoms with Crippen LogP contribution < -0.4 is 11.3 Å². The molecule has 0 aromatic heterocycles. The zero-order valence-electron chi connectivity index (χ0n) is 11.4. The summed E-state index contributed by atoms with van der Waals surface area (Å²) < 4.78 is 15.0. The molecule has 2 heterocycles. The van der Waals surface area contributed by atoms with Gasteiger partial charge in [-0.3, -0.25) is 4.79 Å². The molecular weight excluding hydrogens is 283 g/mol. The van der Waals surface area contributed by atoms with Gasteiger partial charge in [0.15, 0.2) is 0 Å². The summed E-state index contributed by atoms with van der Waals surface area (Å²) in [6, 6.07) is 11.6. The van der Waals surface area contributed by atoms with Crippen LogP contribution in [0.2, 0.25) is 0 Å². The van der Waals surface area contributed by atoms with E-state index in [4.69, 9.17) is 5.73 Å². The van der Waals surface area contributed by atoms with Crippen molar-refractivity contribution in [2.24, 2.45) is 0 Å². The molecule has 0 unspecified atom stereocenters. The molecule has 0 spiro atoms. The van der Waals surface area contributed by atoms with E-state index in [2.05, 4.69) is 10.1 Å². The summed E-state index contributed by atoms with van der Waals surface area (Å²) in [5.41, 5.74) is 7.87. The van der Waals surface area contributed by atoms with Crippen LogP contribution in [0.5, 0.6) is 0 Å². The summed E-state index contributed by atoms with van der Waals surface area (Å²) in [5.74, 6) is -0.465. The lowest BCUT2D eigenvalue weighted by Gasteiger charge is -2.05. The van der Waals surface area contributed by atoms with Crippen LogP contribution in [0.1, 0.15) is 0 Å². The third-order valence-corrected chi connectivity index (χ3v) is 3.63. The van der Waals surface area contributed by atoms with Crippen LogP contribution in [-0.2, 0) is 0 Å². The second-order valence-corrected chi connectivity index (χ2v) is 5.02. The van der Waals surface area contributed by atoms with E-state index in [0.717, 1.165) is 0 Å². The van der Waals surface area contributed by atoms with Gasteiger partial charge in [0.05, 0.1) is 22.5 Å². The maximum Gasteiger partial charge on any atom is 0.282 e. The molecule has 4 rings (SSSR count). The fourth-order valence-corrected chi connectivity index (χ4v) is 2.61. The van der Waals surface area contributed by atoms with Crippen molar-refractivity contribution >= 4 is 16.6 Å². The van der Waals surface area contributed by atoms with E-state index in [9.17, 15) is 9.18 Å². The third kappa shape index (κ3) is 1.70. The number of pyridine rings is 1. The minimum Gasteiger partial charge on any atom is -0.397 e. The predicted octanol–water partition coefficient (Wildman–Crippen LogP) is 2.54. The van der Waals surface area contributed by atoms with Crippen molar-refractivity contribution in [1.29, 1.82) is 0 Å². The molecule has 2 aromatic carbocycles. The lowest BCUT2D eigenvalue weighted by molar-refractivity contribution is 0.630. The molecule has 2 aliphatic heterocycles. The van der Waals surface area contributed by atoms with Gasteiger partial charge >= 0.3 is 0 Å². The monoisotopic (exact) mass is 294 g/mol. The number of hydrogen-bond acceptors (Lipinski definition) is 3. The van der Waals surface area contributed by atoms with Gasteiger partial charge in [-0.25, -0.2) is 4.39 Å². The number of anilines is 1. The highest BCUT2D eigenvalue weighted by molar-refractivity contribution is 5.99. The minimum atomic E-state index is -0.465. The highest BCUT2D eigenvalue weighted by Gasteiger charge is 2.20. The Kier molecular flexibility index (Phi) is 2.53. The van der Waals surface area contributed by atoms with Crippen molar-refractivity contribution in [2.45, 2.75) is 0 Å². The normalized spacial score (nSPS) is 11.3. The number of nitrogens with two attached hydrogens (primary N) is 1. The number of halogens is 1. The van der Waals surface area contributed by atoms with Crippen molar-refractivity contribution < 1.29 is 4.39 Å². The second kappa shape index (κ2) is 4.42. The summed E-state index contributed by atoms with van der Waals surface area (Å²) in [7, 11) is 0. The summed E-state index contributed by atoms with van der Waals surface area (Å²) in [4.78, 5) is 15.4. The maximum absolute atomic E-state index is 13.6. The number of para-hydroxylation sites is 1. The van der Waals surface area contributed by atoms with Gasteiger partial charge in [-0.15, -0.1) is 0 Å². The lowest BCUT2D eigenvalue weighted by Crippen LogP contribution is -2.14. The first-order valence-electron chi connectivity index (χ1n) is 6.70. The molecule has 2 aliphatic rings. The van der Waals surface area contributed by atoms with Crippen molar-refractivity contribution in [2.75, 3.05) is 5.73 Å². The Hall–Kier alpha value is -3.15. The number of nitrogen functional groups attached to an aromatic ring is 1. The number of nitrogens with zero attached hydrogens (tertiary/aromatic N) is 2. The number of aromatic nitrogens is 3. The van der Waals surface area contributed by atoms with Gasteiger partial charge in [0.25, 0.3) is 5.56 Å². The van der Waals surface area contributed by atoms with Crippen LogP contribution in [0.25, 0.3) is 27.8 Å². The van der Waals surface area contributed by atoms with Crippen molar-refractivity contribution in [3.8, 4) is 16.9 Å². The Balaban J connectivity index is 2.12. The molecule has 0 saturated heterocycles. The predicted molar refractivity (Wildman–Crippen MR) is 82.7 cm³/mol.